The molecule has 3 aromatic carbocycles. The van der Waals surface area contributed by atoms with E-state index in [0.717, 1.165) is 32.7 Å². The first-order valence-electron chi connectivity index (χ1n) is 11.2. The largest absolute Gasteiger partial charge is 0.375 e. The predicted octanol–water partition coefficient (Wildman–Crippen LogP) is 6.07. The van der Waals surface area contributed by atoms with Gasteiger partial charge in [-0.1, -0.05) is 98.8 Å². The number of rotatable bonds is 7. The molecule has 4 rings (SSSR count). The van der Waals surface area contributed by atoms with Crippen molar-refractivity contribution in [2.45, 2.75) is 32.9 Å². The maximum absolute atomic E-state index is 6.35. The van der Waals surface area contributed by atoms with Crippen molar-refractivity contribution in [3.05, 3.63) is 96.1 Å². The SMILES string of the molecule is CC(C)C(Cc1ccccc1-c1ccccc1)C1CN(Cc2ccccc2)CCO1. The molecule has 3 aromatic rings. The van der Waals surface area contributed by atoms with Crippen LogP contribution in [0.3, 0.4) is 0 Å². The van der Waals surface area contributed by atoms with Gasteiger partial charge in [0.1, 0.15) is 0 Å². The first-order valence-corrected chi connectivity index (χ1v) is 11.2. The van der Waals surface area contributed by atoms with E-state index in [1.54, 1.807) is 0 Å². The molecule has 0 saturated carbocycles. The van der Waals surface area contributed by atoms with E-state index in [1.807, 2.05) is 0 Å². The maximum Gasteiger partial charge on any atom is 0.0736 e. The van der Waals surface area contributed by atoms with Gasteiger partial charge < -0.3 is 4.74 Å². The smallest absolute Gasteiger partial charge is 0.0736 e. The molecule has 30 heavy (non-hydrogen) atoms. The minimum absolute atomic E-state index is 0.270. The molecule has 0 bridgehead atoms. The van der Waals surface area contributed by atoms with Gasteiger partial charge in [-0.3, -0.25) is 4.90 Å². The van der Waals surface area contributed by atoms with E-state index in [-0.39, 0.29) is 6.10 Å². The van der Waals surface area contributed by atoms with Crippen LogP contribution < -0.4 is 0 Å². The highest BCUT2D eigenvalue weighted by molar-refractivity contribution is 5.67. The minimum atomic E-state index is 0.270. The molecule has 0 aromatic heterocycles. The van der Waals surface area contributed by atoms with E-state index in [1.165, 1.54) is 22.3 Å². The van der Waals surface area contributed by atoms with Crippen LogP contribution in [0.25, 0.3) is 11.1 Å². The number of morpholine rings is 1. The molecule has 2 unspecified atom stereocenters. The van der Waals surface area contributed by atoms with Gasteiger partial charge in [0.05, 0.1) is 12.7 Å². The second-order valence-corrected chi connectivity index (χ2v) is 8.77. The molecule has 0 radical (unpaired) electrons. The lowest BCUT2D eigenvalue weighted by Crippen LogP contribution is -2.47. The monoisotopic (exact) mass is 399 g/mol. The zero-order valence-electron chi connectivity index (χ0n) is 18.2. The Morgan fingerprint density at radius 3 is 2.27 bits per heavy atom. The zero-order chi connectivity index (χ0) is 20.8. The third-order valence-corrected chi connectivity index (χ3v) is 6.32. The van der Waals surface area contributed by atoms with E-state index in [2.05, 4.69) is 104 Å². The summed E-state index contributed by atoms with van der Waals surface area (Å²) in [6.07, 6.45) is 1.32. The molecule has 1 aliphatic heterocycles. The van der Waals surface area contributed by atoms with Crippen LogP contribution in [0.15, 0.2) is 84.9 Å². The quantitative estimate of drug-likeness (QED) is 0.478. The van der Waals surface area contributed by atoms with E-state index < -0.39 is 0 Å². The van der Waals surface area contributed by atoms with Crippen molar-refractivity contribution in [1.29, 1.82) is 0 Å². The Morgan fingerprint density at radius 1 is 0.867 bits per heavy atom. The minimum Gasteiger partial charge on any atom is -0.375 e. The number of ether oxygens (including phenoxy) is 1. The summed E-state index contributed by atoms with van der Waals surface area (Å²) in [6, 6.07) is 30.4. The number of nitrogens with zero attached hydrogens (tertiary/aromatic N) is 1. The maximum atomic E-state index is 6.35. The standard InChI is InChI=1S/C28H33NO/c1-22(2)27(19-25-15-9-10-16-26(25)24-13-7-4-8-14-24)28-21-29(17-18-30-28)20-23-11-5-3-6-12-23/h3-16,22,27-28H,17-21H2,1-2H3. The number of benzene rings is 3. The van der Waals surface area contributed by atoms with Gasteiger partial charge in [0.25, 0.3) is 0 Å². The van der Waals surface area contributed by atoms with Gasteiger partial charge >= 0.3 is 0 Å². The van der Waals surface area contributed by atoms with Gasteiger partial charge in [-0.25, -0.2) is 0 Å². The van der Waals surface area contributed by atoms with Crippen LogP contribution in [0.1, 0.15) is 25.0 Å². The molecule has 2 heteroatoms. The Bertz CT molecular complexity index is 906. The molecule has 0 aliphatic carbocycles. The summed E-state index contributed by atoms with van der Waals surface area (Å²) in [5.74, 6) is 1.06. The lowest BCUT2D eigenvalue weighted by Gasteiger charge is -2.39. The molecule has 2 nitrogen and oxygen atoms in total. The van der Waals surface area contributed by atoms with Crippen molar-refractivity contribution in [2.75, 3.05) is 19.7 Å². The molecule has 1 fully saturated rings. The van der Waals surface area contributed by atoms with Crippen molar-refractivity contribution < 1.29 is 4.74 Å². The van der Waals surface area contributed by atoms with Crippen LogP contribution in [0.2, 0.25) is 0 Å². The summed E-state index contributed by atoms with van der Waals surface area (Å²) in [5.41, 5.74) is 5.45. The molecule has 1 saturated heterocycles. The molecule has 1 aliphatic rings. The summed E-state index contributed by atoms with van der Waals surface area (Å²) in [4.78, 5) is 2.56. The molecule has 2 atom stereocenters. The van der Waals surface area contributed by atoms with Crippen LogP contribution in [0.5, 0.6) is 0 Å². The van der Waals surface area contributed by atoms with Gasteiger partial charge in [-0.05, 0) is 40.5 Å². The normalized spacial score (nSPS) is 18.4. The van der Waals surface area contributed by atoms with Crippen LogP contribution in [0.4, 0.5) is 0 Å². The van der Waals surface area contributed by atoms with Gasteiger partial charge in [0.15, 0.2) is 0 Å². The highest BCUT2D eigenvalue weighted by atomic mass is 16.5. The molecule has 1 heterocycles. The van der Waals surface area contributed by atoms with Crippen LogP contribution in [-0.2, 0) is 17.7 Å². The highest BCUT2D eigenvalue weighted by Crippen LogP contribution is 2.31. The third kappa shape index (κ3) is 5.19. The van der Waals surface area contributed by atoms with E-state index in [9.17, 15) is 0 Å². The van der Waals surface area contributed by atoms with E-state index >= 15 is 0 Å². The third-order valence-electron chi connectivity index (χ3n) is 6.32. The number of hydrogen-bond acceptors (Lipinski definition) is 2. The Balaban J connectivity index is 1.51. The highest BCUT2D eigenvalue weighted by Gasteiger charge is 2.31. The van der Waals surface area contributed by atoms with Gasteiger partial charge in [0, 0.05) is 19.6 Å². The molecular formula is C28H33NO. The molecule has 0 spiro atoms. The van der Waals surface area contributed by atoms with E-state index in [4.69, 9.17) is 4.74 Å². The fraction of sp³-hybridized carbons (Fsp3) is 0.357. The van der Waals surface area contributed by atoms with Crippen LogP contribution in [0, 0.1) is 11.8 Å². The summed E-state index contributed by atoms with van der Waals surface area (Å²) in [7, 11) is 0. The molecule has 0 amide bonds. The van der Waals surface area contributed by atoms with E-state index in [0.29, 0.717) is 11.8 Å². The average molecular weight is 400 g/mol. The summed E-state index contributed by atoms with van der Waals surface area (Å²) in [6.45, 7) is 8.53. The van der Waals surface area contributed by atoms with Crippen molar-refractivity contribution in [1.82, 2.24) is 4.90 Å². The van der Waals surface area contributed by atoms with Gasteiger partial charge in [-0.15, -0.1) is 0 Å². The summed E-state index contributed by atoms with van der Waals surface area (Å²) >= 11 is 0. The lowest BCUT2D eigenvalue weighted by atomic mass is 9.82. The zero-order valence-corrected chi connectivity index (χ0v) is 18.2. The Kier molecular flexibility index (Phi) is 6.99. The topological polar surface area (TPSA) is 12.5 Å². The average Bonchev–Trinajstić information content (AvgIpc) is 2.79. The van der Waals surface area contributed by atoms with Crippen LogP contribution in [-0.4, -0.2) is 30.7 Å². The molecule has 156 valence electrons. The lowest BCUT2D eigenvalue weighted by molar-refractivity contribution is -0.0694. The first kappa shape index (κ1) is 20.8. The van der Waals surface area contributed by atoms with Crippen LogP contribution >= 0.6 is 0 Å². The second kappa shape index (κ2) is 10.1. The number of hydrogen-bond donors (Lipinski definition) is 0. The van der Waals surface area contributed by atoms with Crippen molar-refractivity contribution in [2.24, 2.45) is 11.8 Å². The van der Waals surface area contributed by atoms with Crippen molar-refractivity contribution >= 4 is 0 Å². The Labute approximate surface area is 181 Å². The molecular weight excluding hydrogens is 366 g/mol. The summed E-state index contributed by atoms with van der Waals surface area (Å²) < 4.78 is 6.35. The fourth-order valence-electron chi connectivity index (χ4n) is 4.62. The van der Waals surface area contributed by atoms with Crippen molar-refractivity contribution in [3.8, 4) is 11.1 Å². The Hall–Kier alpha value is -2.42. The van der Waals surface area contributed by atoms with Crippen molar-refractivity contribution in [3.63, 3.8) is 0 Å². The van der Waals surface area contributed by atoms with Gasteiger partial charge in [-0.2, -0.15) is 0 Å². The summed E-state index contributed by atoms with van der Waals surface area (Å²) in [5, 5.41) is 0. The first-order chi connectivity index (χ1) is 14.7. The predicted molar refractivity (Wildman–Crippen MR) is 125 cm³/mol. The molecule has 0 N–H and O–H groups in total. The Morgan fingerprint density at radius 2 is 1.53 bits per heavy atom. The fourth-order valence-corrected chi connectivity index (χ4v) is 4.62. The second-order valence-electron chi connectivity index (χ2n) is 8.77. The van der Waals surface area contributed by atoms with Gasteiger partial charge in [0.2, 0.25) is 0 Å².